The minimum atomic E-state index is -2.86. The van der Waals surface area contributed by atoms with Crippen LogP contribution < -0.4 is 10.6 Å². The van der Waals surface area contributed by atoms with E-state index in [4.69, 9.17) is 5.73 Å². The Labute approximate surface area is 123 Å². The minimum absolute atomic E-state index is 0.0116. The number of nitrogens with zero attached hydrogens (tertiary/aromatic N) is 1. The lowest BCUT2D eigenvalue weighted by molar-refractivity contribution is 0.601. The largest absolute Gasteiger partial charge is 0.370 e. The molecule has 0 spiro atoms. The highest BCUT2D eigenvalue weighted by Crippen LogP contribution is 2.31. The highest BCUT2D eigenvalue weighted by Gasteiger charge is 2.31. The monoisotopic (exact) mass is 346 g/mol. The van der Waals surface area contributed by atoms with Gasteiger partial charge in [-0.15, -0.1) is 0 Å². The molecule has 0 radical (unpaired) electrons. The van der Waals surface area contributed by atoms with Crippen LogP contribution in [0, 0.1) is 0 Å². The van der Waals surface area contributed by atoms with E-state index in [1.807, 2.05) is 37.1 Å². The van der Waals surface area contributed by atoms with Crippen molar-refractivity contribution in [2.45, 2.75) is 25.4 Å². The molecule has 2 N–H and O–H groups in total. The molecule has 0 saturated carbocycles. The highest BCUT2D eigenvalue weighted by molar-refractivity contribution is 9.10. The van der Waals surface area contributed by atoms with Crippen LogP contribution in [0.1, 0.15) is 24.9 Å². The third-order valence-corrected chi connectivity index (χ3v) is 6.02. The third kappa shape index (κ3) is 3.30. The average molecular weight is 347 g/mol. The summed E-state index contributed by atoms with van der Waals surface area (Å²) >= 11 is 3.54. The normalized spacial score (nSPS) is 23.3. The van der Waals surface area contributed by atoms with Crippen molar-refractivity contribution in [3.05, 3.63) is 28.2 Å². The van der Waals surface area contributed by atoms with E-state index in [0.29, 0.717) is 6.42 Å². The van der Waals surface area contributed by atoms with Crippen LogP contribution >= 0.6 is 15.9 Å². The predicted octanol–water partition coefficient (Wildman–Crippen LogP) is 2.09. The molecule has 106 valence electrons. The van der Waals surface area contributed by atoms with E-state index in [2.05, 4.69) is 15.9 Å². The summed E-state index contributed by atoms with van der Waals surface area (Å²) in [6.07, 6.45) is 0.695. The number of sulfone groups is 1. The fourth-order valence-corrected chi connectivity index (χ4v) is 4.82. The van der Waals surface area contributed by atoms with Crippen LogP contribution in [-0.2, 0) is 9.84 Å². The number of hydrogen-bond donors (Lipinski definition) is 1. The lowest BCUT2D eigenvalue weighted by atomic mass is 10.1. The Morgan fingerprint density at radius 2 is 2.16 bits per heavy atom. The van der Waals surface area contributed by atoms with E-state index >= 15 is 0 Å². The van der Waals surface area contributed by atoms with Gasteiger partial charge >= 0.3 is 0 Å². The Bertz CT molecular complexity index is 572. The summed E-state index contributed by atoms with van der Waals surface area (Å²) in [5, 5.41) is 0. The van der Waals surface area contributed by atoms with Crippen LogP contribution in [0.3, 0.4) is 0 Å². The summed E-state index contributed by atoms with van der Waals surface area (Å²) in [7, 11) is -0.918. The van der Waals surface area contributed by atoms with Crippen molar-refractivity contribution in [2.75, 3.05) is 23.5 Å². The van der Waals surface area contributed by atoms with Crippen molar-refractivity contribution in [3.63, 3.8) is 0 Å². The second-order valence-electron chi connectivity index (χ2n) is 5.17. The molecule has 1 aliphatic rings. The Balaban J connectivity index is 2.23. The maximum atomic E-state index is 11.6. The number of nitrogens with two attached hydrogens (primary N) is 1. The van der Waals surface area contributed by atoms with E-state index in [-0.39, 0.29) is 23.6 Å². The van der Waals surface area contributed by atoms with Crippen molar-refractivity contribution in [1.29, 1.82) is 0 Å². The zero-order chi connectivity index (χ0) is 14.2. The van der Waals surface area contributed by atoms with Crippen LogP contribution in [0.5, 0.6) is 0 Å². The van der Waals surface area contributed by atoms with Gasteiger partial charge < -0.3 is 10.6 Å². The van der Waals surface area contributed by atoms with Gasteiger partial charge in [0.15, 0.2) is 9.84 Å². The molecule has 2 unspecified atom stereocenters. The summed E-state index contributed by atoms with van der Waals surface area (Å²) in [5.41, 5.74) is 7.92. The lowest BCUT2D eigenvalue weighted by Gasteiger charge is -2.27. The zero-order valence-corrected chi connectivity index (χ0v) is 13.5. The van der Waals surface area contributed by atoms with E-state index in [1.54, 1.807) is 0 Å². The van der Waals surface area contributed by atoms with Crippen molar-refractivity contribution in [3.8, 4) is 0 Å². The molecule has 1 saturated heterocycles. The first-order chi connectivity index (χ1) is 8.80. The van der Waals surface area contributed by atoms with Gasteiger partial charge in [0, 0.05) is 23.6 Å². The molecule has 1 aromatic carbocycles. The molecule has 0 aromatic heterocycles. The van der Waals surface area contributed by atoms with Crippen LogP contribution in [0.4, 0.5) is 5.69 Å². The summed E-state index contributed by atoms with van der Waals surface area (Å²) in [6.45, 7) is 1.94. The molecule has 1 fully saturated rings. The number of anilines is 1. The minimum Gasteiger partial charge on any atom is -0.370 e. The second-order valence-corrected chi connectivity index (χ2v) is 8.25. The smallest absolute Gasteiger partial charge is 0.152 e. The molecule has 19 heavy (non-hydrogen) atoms. The van der Waals surface area contributed by atoms with Gasteiger partial charge in [0.25, 0.3) is 0 Å². The fourth-order valence-electron chi connectivity index (χ4n) is 2.37. The van der Waals surface area contributed by atoms with Crippen LogP contribution in [0.25, 0.3) is 0 Å². The Hall–Kier alpha value is -0.590. The third-order valence-electron chi connectivity index (χ3n) is 3.63. The summed E-state index contributed by atoms with van der Waals surface area (Å²) < 4.78 is 24.1. The van der Waals surface area contributed by atoms with Gasteiger partial charge in [-0.1, -0.05) is 6.07 Å². The van der Waals surface area contributed by atoms with Gasteiger partial charge in [0.1, 0.15) is 0 Å². The molecule has 1 aliphatic heterocycles. The van der Waals surface area contributed by atoms with Gasteiger partial charge in [-0.2, -0.15) is 0 Å². The molecular weight excluding hydrogens is 328 g/mol. The Kier molecular flexibility index (Phi) is 4.23. The van der Waals surface area contributed by atoms with E-state index in [0.717, 1.165) is 15.7 Å². The molecule has 0 amide bonds. The van der Waals surface area contributed by atoms with Crippen LogP contribution in [0.15, 0.2) is 22.7 Å². The topological polar surface area (TPSA) is 63.4 Å². The summed E-state index contributed by atoms with van der Waals surface area (Å²) in [6, 6.07) is 6.03. The maximum absolute atomic E-state index is 11.6. The van der Waals surface area contributed by atoms with E-state index < -0.39 is 9.84 Å². The van der Waals surface area contributed by atoms with E-state index in [9.17, 15) is 8.42 Å². The van der Waals surface area contributed by atoms with Gasteiger partial charge in [-0.25, -0.2) is 8.42 Å². The first-order valence-corrected chi connectivity index (χ1v) is 8.90. The molecule has 6 heteroatoms. The molecule has 1 heterocycles. The fraction of sp³-hybridized carbons (Fsp3) is 0.538. The Morgan fingerprint density at radius 3 is 2.63 bits per heavy atom. The first-order valence-electron chi connectivity index (χ1n) is 6.28. The zero-order valence-electron chi connectivity index (χ0n) is 11.1. The number of benzene rings is 1. The number of halogens is 1. The quantitative estimate of drug-likeness (QED) is 0.910. The molecule has 2 atom stereocenters. The average Bonchev–Trinajstić information content (AvgIpc) is 2.68. The van der Waals surface area contributed by atoms with Gasteiger partial charge in [0.2, 0.25) is 0 Å². The molecule has 1 aromatic rings. The first kappa shape index (κ1) is 14.8. The number of rotatable bonds is 3. The lowest BCUT2D eigenvalue weighted by Crippen LogP contribution is -2.32. The second kappa shape index (κ2) is 5.42. The standard InChI is InChI=1S/C13H19BrN2O2S/c1-9(15)10-3-4-13(12(14)7-10)16(2)11-5-6-19(17,18)8-11/h3-4,7,9,11H,5-6,8,15H2,1-2H3. The van der Waals surface area contributed by atoms with Gasteiger partial charge in [0.05, 0.1) is 17.2 Å². The highest BCUT2D eigenvalue weighted by atomic mass is 79.9. The van der Waals surface area contributed by atoms with Crippen molar-refractivity contribution in [1.82, 2.24) is 0 Å². The summed E-state index contributed by atoms with van der Waals surface area (Å²) in [5.74, 6) is 0.530. The molecule has 0 bridgehead atoms. The van der Waals surface area contributed by atoms with Crippen molar-refractivity contribution < 1.29 is 8.42 Å². The van der Waals surface area contributed by atoms with Crippen LogP contribution in [0.2, 0.25) is 0 Å². The molecule has 0 aliphatic carbocycles. The van der Waals surface area contributed by atoms with Gasteiger partial charge in [-0.05, 0) is 47.0 Å². The predicted molar refractivity (Wildman–Crippen MR) is 82.2 cm³/mol. The van der Waals surface area contributed by atoms with Gasteiger partial charge in [-0.3, -0.25) is 0 Å². The van der Waals surface area contributed by atoms with Crippen molar-refractivity contribution in [2.24, 2.45) is 5.73 Å². The molecule has 2 rings (SSSR count). The molecular formula is C13H19BrN2O2S. The number of hydrogen-bond acceptors (Lipinski definition) is 4. The maximum Gasteiger partial charge on any atom is 0.152 e. The van der Waals surface area contributed by atoms with Crippen molar-refractivity contribution >= 4 is 31.5 Å². The van der Waals surface area contributed by atoms with E-state index in [1.165, 1.54) is 0 Å². The molecule has 4 nitrogen and oxygen atoms in total. The SMILES string of the molecule is CC(N)c1ccc(N(C)C2CCS(=O)(=O)C2)c(Br)c1. The summed E-state index contributed by atoms with van der Waals surface area (Å²) in [4.78, 5) is 2.04. The van der Waals surface area contributed by atoms with Crippen LogP contribution in [-0.4, -0.2) is 33.0 Å². The Morgan fingerprint density at radius 1 is 1.47 bits per heavy atom.